The van der Waals surface area contributed by atoms with E-state index in [1.165, 1.54) is 6.92 Å². The summed E-state index contributed by atoms with van der Waals surface area (Å²) >= 11 is 5.89. The molecule has 0 aliphatic heterocycles. The molecule has 2 atom stereocenters. The third-order valence-corrected chi connectivity index (χ3v) is 2.70. The second-order valence-electron chi connectivity index (χ2n) is 3.96. The highest BCUT2D eigenvalue weighted by Gasteiger charge is 2.31. The Morgan fingerprint density at radius 1 is 1.47 bits per heavy atom. The van der Waals surface area contributed by atoms with Crippen LogP contribution in [0, 0.1) is 5.92 Å². The minimum Gasteiger partial charge on any atom is -0.253 e. The molecular weight excluding hydrogens is 220 g/mol. The van der Waals surface area contributed by atoms with E-state index in [0.29, 0.717) is 5.92 Å². The minimum atomic E-state index is -1.64. The maximum absolute atomic E-state index is 13.5. The van der Waals surface area contributed by atoms with Crippen LogP contribution >= 0.6 is 11.6 Å². The summed E-state index contributed by atoms with van der Waals surface area (Å²) in [4.78, 5) is 0. The molecule has 0 bridgehead atoms. The van der Waals surface area contributed by atoms with Crippen molar-refractivity contribution in [1.29, 1.82) is 0 Å². The van der Waals surface area contributed by atoms with Crippen LogP contribution in [0.2, 0.25) is 0 Å². The zero-order valence-corrected chi connectivity index (χ0v) is 9.74. The molecule has 86 valence electrons. The molecule has 0 aromatic carbocycles. The van der Waals surface area contributed by atoms with E-state index in [0.717, 1.165) is 24.0 Å². The molecule has 4 heteroatoms. The fourth-order valence-electron chi connectivity index (χ4n) is 1.53. The maximum Gasteiger partial charge on any atom is 0.189 e. The van der Waals surface area contributed by atoms with Crippen LogP contribution in [0.3, 0.4) is 0 Å². The van der Waals surface area contributed by atoms with E-state index in [-0.39, 0.29) is 5.03 Å². The average molecular weight is 236 g/mol. The van der Waals surface area contributed by atoms with Crippen molar-refractivity contribution in [3.63, 3.8) is 0 Å². The zero-order valence-electron chi connectivity index (χ0n) is 8.99. The highest BCUT2D eigenvalue weighted by Crippen LogP contribution is 2.42. The highest BCUT2D eigenvalue weighted by atomic mass is 35.5. The first kappa shape index (κ1) is 12.7. The van der Waals surface area contributed by atoms with Crippen molar-refractivity contribution in [3.8, 4) is 0 Å². The third-order valence-electron chi connectivity index (χ3n) is 2.30. The summed E-state index contributed by atoms with van der Waals surface area (Å²) in [5, 5.41) is 2.15. The predicted molar refractivity (Wildman–Crippen MR) is 59.0 cm³/mol. The Balaban J connectivity index is 2.79. The zero-order chi connectivity index (χ0) is 11.6. The van der Waals surface area contributed by atoms with Crippen molar-refractivity contribution in [2.75, 3.05) is 0 Å². The molecular formula is C11H16ClF2N. The Labute approximate surface area is 94.2 Å². The molecule has 0 aromatic rings. The Bertz CT molecular complexity index is 282. The van der Waals surface area contributed by atoms with E-state index < -0.39 is 12.6 Å². The van der Waals surface area contributed by atoms with Crippen molar-refractivity contribution in [2.24, 2.45) is 5.92 Å². The van der Waals surface area contributed by atoms with Crippen LogP contribution in [0.5, 0.6) is 0 Å². The van der Waals surface area contributed by atoms with Gasteiger partial charge in [0.1, 0.15) is 0 Å². The van der Waals surface area contributed by atoms with Crippen molar-refractivity contribution >= 4 is 11.6 Å². The molecule has 0 heterocycles. The summed E-state index contributed by atoms with van der Waals surface area (Å²) in [6.07, 6.45) is -1.04. The Kier molecular flexibility index (Phi) is 4.29. The smallest absolute Gasteiger partial charge is 0.189 e. The highest BCUT2D eigenvalue weighted by molar-refractivity contribution is 6.30. The summed E-state index contributed by atoms with van der Waals surface area (Å²) in [5.74, 6) is 0.310. The Morgan fingerprint density at radius 2 is 2.00 bits per heavy atom. The molecule has 0 radical (unpaired) electrons. The van der Waals surface area contributed by atoms with Gasteiger partial charge >= 0.3 is 0 Å². The lowest BCUT2D eigenvalue weighted by atomic mass is 10.0. The topological polar surface area (TPSA) is 12.0 Å². The first-order valence-electron chi connectivity index (χ1n) is 5.03. The number of hydrogen-bond donors (Lipinski definition) is 1. The third kappa shape index (κ3) is 3.58. The first-order chi connectivity index (χ1) is 6.93. The predicted octanol–water partition coefficient (Wildman–Crippen LogP) is 3.67. The monoisotopic (exact) mass is 235 g/mol. The van der Waals surface area contributed by atoms with Crippen LogP contribution in [-0.4, -0.2) is 12.6 Å². The van der Waals surface area contributed by atoms with Gasteiger partial charge in [-0.05, 0) is 38.2 Å². The second kappa shape index (κ2) is 5.08. The van der Waals surface area contributed by atoms with E-state index in [9.17, 15) is 8.78 Å². The fourth-order valence-corrected chi connectivity index (χ4v) is 1.91. The van der Waals surface area contributed by atoms with Crippen molar-refractivity contribution < 1.29 is 8.78 Å². The number of halogens is 3. The quantitative estimate of drug-likeness (QED) is 0.566. The molecule has 0 aromatic heterocycles. The normalized spacial score (nSPS) is 21.9. The SMILES string of the molecule is C=C(C)/C(=C(/Cl)C(F)N[C@H](C)F)C1CC1. The van der Waals surface area contributed by atoms with Crippen LogP contribution < -0.4 is 5.32 Å². The van der Waals surface area contributed by atoms with Crippen LogP contribution in [0.15, 0.2) is 22.8 Å². The van der Waals surface area contributed by atoms with E-state index in [4.69, 9.17) is 11.6 Å². The van der Waals surface area contributed by atoms with E-state index in [1.54, 1.807) is 6.92 Å². The minimum absolute atomic E-state index is 0.0505. The van der Waals surface area contributed by atoms with Crippen LogP contribution in [0.4, 0.5) is 8.78 Å². The lowest BCUT2D eigenvalue weighted by Crippen LogP contribution is -2.31. The summed E-state index contributed by atoms with van der Waals surface area (Å²) in [5.41, 5.74) is 1.51. The van der Waals surface area contributed by atoms with Gasteiger partial charge in [0, 0.05) is 0 Å². The van der Waals surface area contributed by atoms with Crippen LogP contribution in [0.25, 0.3) is 0 Å². The van der Waals surface area contributed by atoms with Crippen LogP contribution in [-0.2, 0) is 0 Å². The van der Waals surface area contributed by atoms with Gasteiger partial charge < -0.3 is 0 Å². The van der Waals surface area contributed by atoms with Gasteiger partial charge in [-0.25, -0.2) is 8.78 Å². The molecule has 1 aliphatic carbocycles. The molecule has 1 aliphatic rings. The molecule has 0 amide bonds. The van der Waals surface area contributed by atoms with Crippen molar-refractivity contribution in [3.05, 3.63) is 22.8 Å². The molecule has 15 heavy (non-hydrogen) atoms. The van der Waals surface area contributed by atoms with Gasteiger partial charge in [0.15, 0.2) is 12.6 Å². The lowest BCUT2D eigenvalue weighted by molar-refractivity contribution is 0.210. The van der Waals surface area contributed by atoms with Gasteiger partial charge in [-0.15, -0.1) is 0 Å². The number of nitrogens with one attached hydrogen (secondary N) is 1. The van der Waals surface area contributed by atoms with E-state index in [1.807, 2.05) is 0 Å². The summed E-state index contributed by atoms with van der Waals surface area (Å²) < 4.78 is 26.0. The molecule has 1 fully saturated rings. The number of rotatable bonds is 5. The molecule has 0 saturated heterocycles. The summed E-state index contributed by atoms with van der Waals surface area (Å²) in [6, 6.07) is 0. The summed E-state index contributed by atoms with van der Waals surface area (Å²) in [6.45, 7) is 6.79. The van der Waals surface area contributed by atoms with Gasteiger partial charge in [0.05, 0.1) is 5.03 Å². The molecule has 0 spiro atoms. The van der Waals surface area contributed by atoms with Gasteiger partial charge in [0.25, 0.3) is 0 Å². The molecule has 1 unspecified atom stereocenters. The summed E-state index contributed by atoms with van der Waals surface area (Å²) in [7, 11) is 0. The van der Waals surface area contributed by atoms with E-state index in [2.05, 4.69) is 11.9 Å². The number of alkyl halides is 2. The molecule has 1 saturated carbocycles. The standard InChI is InChI=1S/C11H16ClF2N/c1-6(2)9(8-4-5-8)10(12)11(14)15-7(3)13/h7-8,11,15H,1,4-5H2,2-3H3/b10-9-/t7-,11?/m1/s1. The Morgan fingerprint density at radius 3 is 2.33 bits per heavy atom. The second-order valence-corrected chi connectivity index (χ2v) is 4.37. The number of allylic oxidation sites excluding steroid dienone is 2. The first-order valence-corrected chi connectivity index (χ1v) is 5.41. The van der Waals surface area contributed by atoms with Crippen molar-refractivity contribution in [2.45, 2.75) is 39.3 Å². The number of hydrogen-bond acceptors (Lipinski definition) is 1. The van der Waals surface area contributed by atoms with Gasteiger partial charge in [0.2, 0.25) is 0 Å². The van der Waals surface area contributed by atoms with E-state index >= 15 is 0 Å². The van der Waals surface area contributed by atoms with Gasteiger partial charge in [-0.1, -0.05) is 23.8 Å². The van der Waals surface area contributed by atoms with Gasteiger partial charge in [-0.3, -0.25) is 5.32 Å². The van der Waals surface area contributed by atoms with Crippen molar-refractivity contribution in [1.82, 2.24) is 5.32 Å². The average Bonchev–Trinajstić information content (AvgIpc) is 2.86. The molecule has 1 nitrogen and oxygen atoms in total. The largest absolute Gasteiger partial charge is 0.253 e. The van der Waals surface area contributed by atoms with Gasteiger partial charge in [-0.2, -0.15) is 0 Å². The maximum atomic E-state index is 13.5. The lowest BCUT2D eigenvalue weighted by Gasteiger charge is -2.15. The fraction of sp³-hybridized carbons (Fsp3) is 0.636. The molecule has 1 N–H and O–H groups in total. The van der Waals surface area contributed by atoms with Crippen LogP contribution in [0.1, 0.15) is 26.7 Å². The molecule has 1 rings (SSSR count). The Hall–Kier alpha value is -0.410.